The van der Waals surface area contributed by atoms with Gasteiger partial charge in [0, 0.05) is 13.1 Å². The molecular formula is C18H31N3O2. The van der Waals surface area contributed by atoms with Crippen LogP contribution in [0.25, 0.3) is 0 Å². The molecule has 3 N–H and O–H groups in total. The summed E-state index contributed by atoms with van der Waals surface area (Å²) in [6, 6.07) is 7.42. The van der Waals surface area contributed by atoms with Crippen molar-refractivity contribution in [2.24, 2.45) is 10.9 Å². The number of hydrogen-bond donors (Lipinski definition) is 3. The van der Waals surface area contributed by atoms with Crippen LogP contribution in [0.5, 0.6) is 5.75 Å². The van der Waals surface area contributed by atoms with Crippen molar-refractivity contribution in [2.75, 3.05) is 26.7 Å². The van der Waals surface area contributed by atoms with Crippen LogP contribution in [0.15, 0.2) is 29.3 Å². The monoisotopic (exact) mass is 321 g/mol. The van der Waals surface area contributed by atoms with Gasteiger partial charge in [-0.05, 0) is 43.4 Å². The quantitative estimate of drug-likeness (QED) is 0.372. The molecule has 0 aliphatic heterocycles. The number of aliphatic hydroxyl groups excluding tert-OH is 1. The average Bonchev–Trinajstić information content (AvgIpc) is 2.56. The third kappa shape index (κ3) is 7.88. The number of methoxy groups -OCH3 is 1. The van der Waals surface area contributed by atoms with Gasteiger partial charge in [-0.3, -0.25) is 4.99 Å². The van der Waals surface area contributed by atoms with Crippen molar-refractivity contribution >= 4 is 5.96 Å². The van der Waals surface area contributed by atoms with Gasteiger partial charge in [0.2, 0.25) is 0 Å². The Hall–Kier alpha value is -1.75. The van der Waals surface area contributed by atoms with E-state index in [0.717, 1.165) is 36.8 Å². The van der Waals surface area contributed by atoms with E-state index in [0.29, 0.717) is 12.5 Å². The molecular weight excluding hydrogens is 290 g/mol. The summed E-state index contributed by atoms with van der Waals surface area (Å²) in [5.41, 5.74) is 0.838. The van der Waals surface area contributed by atoms with E-state index in [-0.39, 0.29) is 0 Å². The van der Waals surface area contributed by atoms with E-state index in [1.54, 1.807) is 7.11 Å². The van der Waals surface area contributed by atoms with Crippen LogP contribution in [-0.2, 0) is 0 Å². The highest BCUT2D eigenvalue weighted by atomic mass is 16.5. The average molecular weight is 321 g/mol. The summed E-state index contributed by atoms with van der Waals surface area (Å²) >= 11 is 0. The second-order valence-corrected chi connectivity index (χ2v) is 5.97. The Morgan fingerprint density at radius 1 is 1.22 bits per heavy atom. The van der Waals surface area contributed by atoms with E-state index in [9.17, 15) is 5.11 Å². The van der Waals surface area contributed by atoms with Crippen molar-refractivity contribution in [1.82, 2.24) is 10.6 Å². The number of aliphatic hydroxyl groups is 1. The lowest BCUT2D eigenvalue weighted by atomic mass is 10.1. The lowest BCUT2D eigenvalue weighted by Crippen LogP contribution is -2.38. The van der Waals surface area contributed by atoms with Gasteiger partial charge in [-0.2, -0.15) is 0 Å². The van der Waals surface area contributed by atoms with Gasteiger partial charge in [0.1, 0.15) is 5.75 Å². The molecule has 0 spiro atoms. The van der Waals surface area contributed by atoms with Crippen molar-refractivity contribution in [2.45, 2.75) is 39.7 Å². The first-order chi connectivity index (χ1) is 11.1. The predicted octanol–water partition coefficient (Wildman–Crippen LogP) is 2.72. The molecule has 0 heterocycles. The number of hydrogen-bond acceptors (Lipinski definition) is 3. The summed E-state index contributed by atoms with van der Waals surface area (Å²) in [7, 11) is 1.63. The lowest BCUT2D eigenvalue weighted by molar-refractivity contribution is 0.187. The van der Waals surface area contributed by atoms with E-state index < -0.39 is 6.10 Å². The molecule has 0 aliphatic rings. The topological polar surface area (TPSA) is 65.9 Å². The van der Waals surface area contributed by atoms with Crippen LogP contribution in [0.4, 0.5) is 0 Å². The Morgan fingerprint density at radius 3 is 2.48 bits per heavy atom. The Bertz CT molecular complexity index is 458. The molecule has 130 valence electrons. The summed E-state index contributed by atoms with van der Waals surface area (Å²) in [6.45, 7) is 8.50. The predicted molar refractivity (Wildman–Crippen MR) is 96.0 cm³/mol. The summed E-state index contributed by atoms with van der Waals surface area (Å²) < 4.78 is 5.12. The maximum absolute atomic E-state index is 10.2. The van der Waals surface area contributed by atoms with Crippen molar-refractivity contribution < 1.29 is 9.84 Å². The van der Waals surface area contributed by atoms with Gasteiger partial charge in [0.15, 0.2) is 5.96 Å². The number of rotatable bonds is 9. The smallest absolute Gasteiger partial charge is 0.191 e. The minimum Gasteiger partial charge on any atom is -0.497 e. The third-order valence-corrected chi connectivity index (χ3v) is 3.52. The molecule has 0 radical (unpaired) electrons. The molecule has 0 saturated carbocycles. The van der Waals surface area contributed by atoms with Gasteiger partial charge in [0.05, 0.1) is 19.8 Å². The van der Waals surface area contributed by atoms with Crippen LogP contribution in [0.2, 0.25) is 0 Å². The van der Waals surface area contributed by atoms with E-state index >= 15 is 0 Å². The van der Waals surface area contributed by atoms with Gasteiger partial charge in [-0.1, -0.05) is 26.0 Å². The molecule has 1 aromatic carbocycles. The largest absolute Gasteiger partial charge is 0.497 e. The van der Waals surface area contributed by atoms with E-state index in [1.807, 2.05) is 31.2 Å². The number of benzene rings is 1. The number of guanidine groups is 1. The van der Waals surface area contributed by atoms with E-state index in [1.165, 1.54) is 6.42 Å². The number of nitrogens with one attached hydrogen (secondary N) is 2. The summed E-state index contributed by atoms with van der Waals surface area (Å²) in [5.74, 6) is 2.25. The number of aliphatic imine (C=N–C) groups is 1. The normalized spacial score (nSPS) is 13.0. The zero-order valence-corrected chi connectivity index (χ0v) is 14.8. The summed E-state index contributed by atoms with van der Waals surface area (Å²) in [6.07, 6.45) is 1.69. The molecule has 5 nitrogen and oxygen atoms in total. The maximum atomic E-state index is 10.2. The van der Waals surface area contributed by atoms with E-state index in [4.69, 9.17) is 4.74 Å². The van der Waals surface area contributed by atoms with Crippen LogP contribution in [0.1, 0.15) is 45.3 Å². The van der Waals surface area contributed by atoms with Crippen molar-refractivity contribution in [1.29, 1.82) is 0 Å². The Labute approximate surface area is 140 Å². The van der Waals surface area contributed by atoms with Crippen molar-refractivity contribution in [3.63, 3.8) is 0 Å². The molecule has 1 aromatic rings. The van der Waals surface area contributed by atoms with Crippen LogP contribution < -0.4 is 15.4 Å². The van der Waals surface area contributed by atoms with Crippen LogP contribution in [0.3, 0.4) is 0 Å². The fourth-order valence-electron chi connectivity index (χ4n) is 2.17. The first kappa shape index (κ1) is 19.3. The molecule has 0 amide bonds. The Morgan fingerprint density at radius 2 is 1.91 bits per heavy atom. The Balaban J connectivity index is 2.50. The zero-order chi connectivity index (χ0) is 17.1. The SMILES string of the molecule is CCNC(=NCC(O)c1ccc(OC)cc1)NCCCC(C)C. The molecule has 1 unspecified atom stereocenters. The van der Waals surface area contributed by atoms with Gasteiger partial charge in [0.25, 0.3) is 0 Å². The zero-order valence-electron chi connectivity index (χ0n) is 14.8. The fraction of sp³-hybridized carbons (Fsp3) is 0.611. The highest BCUT2D eigenvalue weighted by Gasteiger charge is 2.07. The van der Waals surface area contributed by atoms with Crippen LogP contribution in [-0.4, -0.2) is 37.8 Å². The van der Waals surface area contributed by atoms with Crippen molar-refractivity contribution in [3.05, 3.63) is 29.8 Å². The third-order valence-electron chi connectivity index (χ3n) is 3.52. The van der Waals surface area contributed by atoms with Gasteiger partial charge in [-0.15, -0.1) is 0 Å². The van der Waals surface area contributed by atoms with Gasteiger partial charge >= 0.3 is 0 Å². The second kappa shape index (κ2) is 10.9. The van der Waals surface area contributed by atoms with Gasteiger partial charge < -0.3 is 20.5 Å². The first-order valence-corrected chi connectivity index (χ1v) is 8.41. The number of nitrogens with zero attached hydrogens (tertiary/aromatic N) is 1. The highest BCUT2D eigenvalue weighted by molar-refractivity contribution is 5.79. The fourth-order valence-corrected chi connectivity index (χ4v) is 2.17. The maximum Gasteiger partial charge on any atom is 0.191 e. The van der Waals surface area contributed by atoms with Crippen LogP contribution >= 0.6 is 0 Å². The first-order valence-electron chi connectivity index (χ1n) is 8.41. The molecule has 1 rings (SSSR count). The molecule has 1 atom stereocenters. The standard InChI is InChI=1S/C18H31N3O2/c1-5-19-18(20-12-6-7-14(2)3)21-13-17(22)15-8-10-16(23-4)11-9-15/h8-11,14,17,22H,5-7,12-13H2,1-4H3,(H2,19,20,21). The second-order valence-electron chi connectivity index (χ2n) is 5.97. The summed E-state index contributed by atoms with van der Waals surface area (Å²) in [5, 5.41) is 16.8. The lowest BCUT2D eigenvalue weighted by Gasteiger charge is -2.14. The van der Waals surface area contributed by atoms with E-state index in [2.05, 4.69) is 29.5 Å². The highest BCUT2D eigenvalue weighted by Crippen LogP contribution is 2.17. The molecule has 0 fully saturated rings. The van der Waals surface area contributed by atoms with Crippen LogP contribution in [0, 0.1) is 5.92 Å². The minimum absolute atomic E-state index is 0.325. The number of ether oxygens (including phenoxy) is 1. The molecule has 0 aromatic heterocycles. The minimum atomic E-state index is -0.618. The molecule has 0 bridgehead atoms. The van der Waals surface area contributed by atoms with Crippen molar-refractivity contribution in [3.8, 4) is 5.75 Å². The molecule has 0 saturated heterocycles. The summed E-state index contributed by atoms with van der Waals surface area (Å²) in [4.78, 5) is 4.46. The molecule has 5 heteroatoms. The molecule has 0 aliphatic carbocycles. The Kier molecular flexibility index (Phi) is 9.14. The molecule has 23 heavy (non-hydrogen) atoms. The van der Waals surface area contributed by atoms with Gasteiger partial charge in [-0.25, -0.2) is 0 Å².